The van der Waals surface area contributed by atoms with E-state index in [9.17, 15) is 21.6 Å². The lowest BCUT2D eigenvalue weighted by Crippen LogP contribution is -2.36. The van der Waals surface area contributed by atoms with Crippen molar-refractivity contribution in [1.29, 1.82) is 0 Å². The van der Waals surface area contributed by atoms with Crippen molar-refractivity contribution in [2.45, 2.75) is 33.9 Å². The second-order valence-electron chi connectivity index (χ2n) is 8.61. The van der Waals surface area contributed by atoms with Gasteiger partial charge in [0, 0.05) is 33.7 Å². The number of hydrogen-bond donors (Lipinski definition) is 2. The van der Waals surface area contributed by atoms with Gasteiger partial charge < -0.3 is 4.90 Å². The van der Waals surface area contributed by atoms with E-state index in [1.54, 1.807) is 11.0 Å². The lowest BCUT2D eigenvalue weighted by Gasteiger charge is -2.27. The Balaban J connectivity index is 1.53. The molecule has 13 heteroatoms. The highest BCUT2D eigenvalue weighted by Gasteiger charge is 2.24. The Morgan fingerprint density at radius 2 is 1.32 bits per heavy atom. The molecule has 0 radical (unpaired) electrons. The molecule has 202 valence electrons. The number of likely N-dealkylation sites (tertiary alicyclic amines) is 1. The van der Waals surface area contributed by atoms with Crippen LogP contribution in [-0.2, 0) is 20.0 Å². The van der Waals surface area contributed by atoms with Crippen molar-refractivity contribution >= 4 is 72.3 Å². The van der Waals surface area contributed by atoms with Crippen LogP contribution in [-0.4, -0.2) is 47.0 Å². The molecule has 0 atom stereocenters. The van der Waals surface area contributed by atoms with Crippen molar-refractivity contribution in [2.24, 2.45) is 0 Å². The number of nitrogens with zero attached hydrogens (tertiary/aromatic N) is 1. The van der Waals surface area contributed by atoms with Crippen LogP contribution in [0.25, 0.3) is 0 Å². The Kier molecular flexibility index (Phi) is 8.83. The highest BCUT2D eigenvalue weighted by Crippen LogP contribution is 2.28. The highest BCUT2D eigenvalue weighted by atomic mass is 35.5. The van der Waals surface area contributed by atoms with Gasteiger partial charge >= 0.3 is 0 Å². The predicted octanol–water partition coefficient (Wildman–Crippen LogP) is 5.94. The molecule has 0 saturated carbocycles. The Hall–Kier alpha value is -2.44. The smallest absolute Gasteiger partial charge is 0.261 e. The number of amides is 1. The number of rotatable bonds is 8. The number of nitrogens with one attached hydrogen (secondary N) is 2. The molecular formula is C25H25Cl2N3O5S3. The van der Waals surface area contributed by atoms with E-state index in [0.717, 1.165) is 19.3 Å². The number of piperidine rings is 1. The molecule has 1 fully saturated rings. The Bertz CT molecular complexity index is 1540. The standard InChI is InChI=1S/C25H25Cl2N3O5S3/c1-36-24-10-9-22(16-23(24)25(31)30-11-3-2-4-12-30)38(34,35)28-19-5-7-21(8-6-19)37(32,33)29-20-14-17(26)13-18(27)15-20/h5-10,13-16,28-29H,2-4,11-12H2,1H3. The van der Waals surface area contributed by atoms with Crippen molar-refractivity contribution in [3.63, 3.8) is 0 Å². The van der Waals surface area contributed by atoms with Crippen molar-refractivity contribution < 1.29 is 21.6 Å². The number of halogens is 2. The maximum atomic E-state index is 13.1. The third-order valence-corrected chi connectivity index (χ3v) is 9.89. The van der Waals surface area contributed by atoms with Crippen LogP contribution < -0.4 is 9.44 Å². The van der Waals surface area contributed by atoms with Gasteiger partial charge in [0.25, 0.3) is 26.0 Å². The van der Waals surface area contributed by atoms with Crippen molar-refractivity contribution in [1.82, 2.24) is 4.90 Å². The summed E-state index contributed by atoms with van der Waals surface area (Å²) < 4.78 is 56.6. The highest BCUT2D eigenvalue weighted by molar-refractivity contribution is 7.98. The summed E-state index contributed by atoms with van der Waals surface area (Å²) in [6.07, 6.45) is 4.75. The number of carbonyl (C=O) groups is 1. The van der Waals surface area contributed by atoms with Gasteiger partial charge in [-0.2, -0.15) is 0 Å². The molecule has 0 unspecified atom stereocenters. The van der Waals surface area contributed by atoms with Crippen LogP contribution in [0, 0.1) is 0 Å². The van der Waals surface area contributed by atoms with Gasteiger partial charge in [-0.05, 0) is 86.2 Å². The number of hydrogen-bond acceptors (Lipinski definition) is 6. The van der Waals surface area contributed by atoms with Crippen LogP contribution in [0.4, 0.5) is 11.4 Å². The normalized spacial score (nSPS) is 14.2. The fourth-order valence-corrected chi connectivity index (χ4v) is 7.25. The summed E-state index contributed by atoms with van der Waals surface area (Å²) in [5.74, 6) is -0.186. The van der Waals surface area contributed by atoms with Gasteiger partial charge in [0.15, 0.2) is 0 Å². The molecule has 4 rings (SSSR count). The summed E-state index contributed by atoms with van der Waals surface area (Å²) in [7, 11) is -8.04. The van der Waals surface area contributed by atoms with E-state index in [0.29, 0.717) is 23.5 Å². The summed E-state index contributed by atoms with van der Waals surface area (Å²) in [5.41, 5.74) is 0.694. The van der Waals surface area contributed by atoms with E-state index in [1.807, 2.05) is 6.26 Å². The molecule has 38 heavy (non-hydrogen) atoms. The summed E-state index contributed by atoms with van der Waals surface area (Å²) in [6.45, 7) is 1.30. The summed E-state index contributed by atoms with van der Waals surface area (Å²) in [5, 5.41) is 0.539. The number of thioether (sulfide) groups is 1. The molecule has 1 heterocycles. The van der Waals surface area contributed by atoms with Gasteiger partial charge in [-0.25, -0.2) is 16.8 Å². The van der Waals surface area contributed by atoms with Crippen LogP contribution in [0.1, 0.15) is 29.6 Å². The monoisotopic (exact) mass is 613 g/mol. The van der Waals surface area contributed by atoms with E-state index >= 15 is 0 Å². The minimum absolute atomic E-state index is 0.0631. The van der Waals surface area contributed by atoms with Crippen LogP contribution in [0.5, 0.6) is 0 Å². The van der Waals surface area contributed by atoms with Gasteiger partial charge in [0.1, 0.15) is 0 Å². The third kappa shape index (κ3) is 6.76. The predicted molar refractivity (Wildman–Crippen MR) is 152 cm³/mol. The molecule has 2 N–H and O–H groups in total. The van der Waals surface area contributed by atoms with Crippen molar-refractivity contribution in [3.05, 3.63) is 76.3 Å². The van der Waals surface area contributed by atoms with Gasteiger partial charge in [0.2, 0.25) is 0 Å². The quantitative estimate of drug-likeness (QED) is 0.304. The molecule has 1 aliphatic rings. The molecule has 8 nitrogen and oxygen atoms in total. The maximum Gasteiger partial charge on any atom is 0.261 e. The van der Waals surface area contributed by atoms with E-state index in [2.05, 4.69) is 9.44 Å². The zero-order valence-electron chi connectivity index (χ0n) is 20.3. The van der Waals surface area contributed by atoms with Gasteiger partial charge in [-0.1, -0.05) is 23.2 Å². The summed E-state index contributed by atoms with van der Waals surface area (Å²) in [4.78, 5) is 15.4. The Morgan fingerprint density at radius 1 is 0.763 bits per heavy atom. The van der Waals surface area contributed by atoms with Crippen LogP contribution in [0.15, 0.2) is 75.4 Å². The number of anilines is 2. The van der Waals surface area contributed by atoms with E-state index in [1.165, 1.54) is 66.4 Å². The number of sulfonamides is 2. The molecule has 0 spiro atoms. The first kappa shape index (κ1) is 28.6. The molecule has 0 bridgehead atoms. The SMILES string of the molecule is CSc1ccc(S(=O)(=O)Nc2ccc(S(=O)(=O)Nc3cc(Cl)cc(Cl)c3)cc2)cc1C(=O)N1CCCCC1. The molecule has 3 aromatic rings. The number of benzene rings is 3. The third-order valence-electron chi connectivity index (χ3n) is 5.89. The second kappa shape index (κ2) is 11.7. The van der Waals surface area contributed by atoms with Gasteiger partial charge in [-0.3, -0.25) is 14.2 Å². The molecule has 1 aliphatic heterocycles. The van der Waals surface area contributed by atoms with Gasteiger partial charge in [0.05, 0.1) is 21.0 Å². The second-order valence-corrected chi connectivity index (χ2v) is 13.7. The first-order valence-electron chi connectivity index (χ1n) is 11.6. The number of carbonyl (C=O) groups excluding carboxylic acids is 1. The van der Waals surface area contributed by atoms with Gasteiger partial charge in [-0.15, -0.1) is 11.8 Å². The lowest BCUT2D eigenvalue weighted by molar-refractivity contribution is 0.0720. The zero-order valence-corrected chi connectivity index (χ0v) is 24.2. The van der Waals surface area contributed by atoms with E-state index in [4.69, 9.17) is 23.2 Å². The zero-order chi connectivity index (χ0) is 27.5. The maximum absolute atomic E-state index is 13.1. The fourth-order valence-electron chi connectivity index (χ4n) is 4.03. The summed E-state index contributed by atoms with van der Waals surface area (Å²) >= 11 is 13.2. The molecular weight excluding hydrogens is 589 g/mol. The topological polar surface area (TPSA) is 113 Å². The molecule has 1 amide bonds. The van der Waals surface area contributed by atoms with E-state index < -0.39 is 20.0 Å². The molecule has 0 aliphatic carbocycles. The van der Waals surface area contributed by atoms with Crippen molar-refractivity contribution in [2.75, 3.05) is 28.8 Å². The fraction of sp³-hybridized carbons (Fsp3) is 0.240. The average Bonchev–Trinajstić information content (AvgIpc) is 2.87. The Morgan fingerprint density at radius 3 is 1.92 bits per heavy atom. The minimum atomic E-state index is -4.06. The lowest BCUT2D eigenvalue weighted by atomic mass is 10.1. The average molecular weight is 615 g/mol. The van der Waals surface area contributed by atoms with E-state index in [-0.39, 0.29) is 37.1 Å². The van der Waals surface area contributed by atoms with Crippen LogP contribution in [0.3, 0.4) is 0 Å². The molecule has 3 aromatic carbocycles. The molecule has 0 aromatic heterocycles. The first-order chi connectivity index (χ1) is 18.0. The van der Waals surface area contributed by atoms with Crippen LogP contribution >= 0.6 is 35.0 Å². The Labute approximate surface area is 236 Å². The van der Waals surface area contributed by atoms with Crippen LogP contribution in [0.2, 0.25) is 10.0 Å². The van der Waals surface area contributed by atoms with Crippen molar-refractivity contribution in [3.8, 4) is 0 Å². The minimum Gasteiger partial charge on any atom is -0.339 e. The first-order valence-corrected chi connectivity index (χ1v) is 16.5. The molecule has 1 saturated heterocycles. The summed E-state index contributed by atoms with van der Waals surface area (Å²) in [6, 6.07) is 14.0. The largest absolute Gasteiger partial charge is 0.339 e.